The van der Waals surface area contributed by atoms with Crippen LogP contribution in [0.25, 0.3) is 32.0 Å². The minimum atomic E-state index is -0.343. The molecule has 2 N–H and O–H groups in total. The van der Waals surface area contributed by atoms with E-state index < -0.39 is 0 Å². The first-order valence-electron chi connectivity index (χ1n) is 7.06. The molecule has 0 atom stereocenters. The van der Waals surface area contributed by atoms with Crippen LogP contribution in [-0.4, -0.2) is 25.4 Å². The van der Waals surface area contributed by atoms with Crippen molar-refractivity contribution in [2.45, 2.75) is 6.42 Å². The minimum absolute atomic E-state index is 0.225. The van der Waals surface area contributed by atoms with Gasteiger partial charge in [0.15, 0.2) is 0 Å². The molecule has 4 aromatic rings. The lowest BCUT2D eigenvalue weighted by atomic mass is 10.1. The monoisotopic (exact) mass is 323 g/mol. The van der Waals surface area contributed by atoms with Crippen LogP contribution in [0.1, 0.15) is 5.56 Å². The van der Waals surface area contributed by atoms with Crippen LogP contribution in [0.15, 0.2) is 36.8 Å². The van der Waals surface area contributed by atoms with Gasteiger partial charge in [-0.15, -0.1) is 0 Å². The highest BCUT2D eigenvalue weighted by Crippen LogP contribution is 2.32. The highest BCUT2D eigenvalue weighted by atomic mass is 32.1. The predicted octanol–water partition coefficient (Wildman–Crippen LogP) is 2.27. The van der Waals surface area contributed by atoms with Gasteiger partial charge in [0.1, 0.15) is 20.9 Å². The van der Waals surface area contributed by atoms with Crippen LogP contribution in [0.5, 0.6) is 0 Å². The van der Waals surface area contributed by atoms with Crippen molar-refractivity contribution in [3.63, 3.8) is 0 Å². The van der Waals surface area contributed by atoms with Gasteiger partial charge in [-0.05, 0) is 11.6 Å². The quantitative estimate of drug-likeness (QED) is 0.626. The zero-order chi connectivity index (χ0) is 16.0. The third kappa shape index (κ3) is 2.35. The van der Waals surface area contributed by atoms with Crippen molar-refractivity contribution < 1.29 is 4.79 Å². The van der Waals surface area contributed by atoms with Crippen LogP contribution in [-0.2, 0) is 18.3 Å². The number of aryl methyl sites for hydroxylation is 1. The molecule has 0 fully saturated rings. The van der Waals surface area contributed by atoms with Crippen molar-refractivity contribution in [1.29, 1.82) is 0 Å². The molecule has 0 saturated carbocycles. The summed E-state index contributed by atoms with van der Waals surface area (Å²) < 4.78 is 1.95. The molecule has 0 radical (unpaired) electrons. The van der Waals surface area contributed by atoms with E-state index in [0.717, 1.165) is 37.5 Å². The second kappa shape index (κ2) is 5.13. The average molecular weight is 323 g/mol. The highest BCUT2D eigenvalue weighted by Gasteiger charge is 2.13. The number of primary amides is 1. The third-order valence-electron chi connectivity index (χ3n) is 3.66. The molecule has 0 spiro atoms. The fourth-order valence-electron chi connectivity index (χ4n) is 2.64. The van der Waals surface area contributed by atoms with Gasteiger partial charge >= 0.3 is 0 Å². The summed E-state index contributed by atoms with van der Waals surface area (Å²) in [5.74, 6) is -0.343. The van der Waals surface area contributed by atoms with Gasteiger partial charge in [0, 0.05) is 12.6 Å². The van der Waals surface area contributed by atoms with E-state index in [0.29, 0.717) is 0 Å². The molecule has 0 unspecified atom stereocenters. The fourth-order valence-corrected chi connectivity index (χ4v) is 3.55. The number of benzene rings is 1. The van der Waals surface area contributed by atoms with Crippen LogP contribution in [0, 0.1) is 0 Å². The Morgan fingerprint density at radius 2 is 2.22 bits per heavy atom. The van der Waals surface area contributed by atoms with Gasteiger partial charge in [0.25, 0.3) is 0 Å². The van der Waals surface area contributed by atoms with Gasteiger partial charge in [0.05, 0.1) is 24.5 Å². The molecule has 23 heavy (non-hydrogen) atoms. The lowest BCUT2D eigenvalue weighted by molar-refractivity contribution is -0.117. The Hall–Kier alpha value is -2.80. The number of thiazole rings is 1. The van der Waals surface area contributed by atoms with E-state index in [-0.39, 0.29) is 12.3 Å². The predicted molar refractivity (Wildman–Crippen MR) is 90.0 cm³/mol. The number of nitrogens with two attached hydrogens (primary N) is 1. The summed E-state index contributed by atoms with van der Waals surface area (Å²) in [5, 5.41) is 0.868. The molecular formula is C16H13N5OS. The number of pyridine rings is 1. The van der Waals surface area contributed by atoms with Crippen LogP contribution in [0.4, 0.5) is 0 Å². The number of aromatic nitrogens is 4. The molecule has 114 valence electrons. The number of rotatable bonds is 3. The Morgan fingerprint density at radius 3 is 3.04 bits per heavy atom. The number of fused-ring (bicyclic) bond motifs is 3. The number of hydrogen-bond donors (Lipinski definition) is 1. The number of carbonyl (C=O) groups is 1. The van der Waals surface area contributed by atoms with Gasteiger partial charge in [0.2, 0.25) is 5.91 Å². The number of imidazole rings is 1. The molecule has 6 nitrogen and oxygen atoms in total. The molecule has 1 aromatic carbocycles. The van der Waals surface area contributed by atoms with Crippen molar-refractivity contribution in [1.82, 2.24) is 19.5 Å². The first kappa shape index (κ1) is 13.8. The summed E-state index contributed by atoms with van der Waals surface area (Å²) in [6, 6.07) is 7.72. The Kier molecular flexibility index (Phi) is 3.09. The molecular weight excluding hydrogens is 310 g/mol. The standard InChI is InChI=1S/C16H13N5OS/c1-21-8-19-11-7-18-16-13(14(11)21)20-15(23-16)10-4-2-3-9(5-10)6-12(17)22/h2-5,7-8H,6H2,1H3,(H2,17,22). The van der Waals surface area contributed by atoms with Crippen LogP contribution < -0.4 is 5.73 Å². The molecule has 1 amide bonds. The Balaban J connectivity index is 1.88. The molecule has 0 aliphatic carbocycles. The van der Waals surface area contributed by atoms with E-state index in [1.807, 2.05) is 35.9 Å². The number of hydrogen-bond acceptors (Lipinski definition) is 5. The topological polar surface area (TPSA) is 86.7 Å². The van der Waals surface area contributed by atoms with Gasteiger partial charge in [-0.2, -0.15) is 0 Å². The van der Waals surface area contributed by atoms with Crippen molar-refractivity contribution in [3.05, 3.63) is 42.4 Å². The molecule has 0 aliphatic heterocycles. The molecule has 0 aliphatic rings. The summed E-state index contributed by atoms with van der Waals surface area (Å²) >= 11 is 1.53. The van der Waals surface area contributed by atoms with E-state index in [2.05, 4.69) is 9.97 Å². The number of amides is 1. The average Bonchev–Trinajstić information content (AvgIpc) is 3.10. The molecule has 0 saturated heterocycles. The maximum atomic E-state index is 11.1. The third-order valence-corrected chi connectivity index (χ3v) is 4.67. The lowest BCUT2D eigenvalue weighted by Crippen LogP contribution is -2.13. The van der Waals surface area contributed by atoms with Gasteiger partial charge in [-0.3, -0.25) is 4.79 Å². The van der Waals surface area contributed by atoms with Crippen molar-refractivity contribution >= 4 is 38.6 Å². The Bertz CT molecular complexity index is 1050. The Morgan fingerprint density at radius 1 is 1.35 bits per heavy atom. The fraction of sp³-hybridized carbons (Fsp3) is 0.125. The summed E-state index contributed by atoms with van der Waals surface area (Å²) in [6.45, 7) is 0. The normalized spacial score (nSPS) is 11.3. The SMILES string of the molecule is Cn1cnc2cnc3sc(-c4cccc(CC(N)=O)c4)nc3c21. The molecule has 0 bridgehead atoms. The van der Waals surface area contributed by atoms with Crippen LogP contribution in [0.3, 0.4) is 0 Å². The molecule has 3 heterocycles. The lowest BCUT2D eigenvalue weighted by Gasteiger charge is -2.00. The van der Waals surface area contributed by atoms with Gasteiger partial charge in [-0.1, -0.05) is 29.5 Å². The number of carbonyl (C=O) groups excluding carboxylic acids is 1. The highest BCUT2D eigenvalue weighted by molar-refractivity contribution is 7.21. The number of nitrogens with zero attached hydrogens (tertiary/aromatic N) is 4. The largest absolute Gasteiger partial charge is 0.369 e. The summed E-state index contributed by atoms with van der Waals surface area (Å²) in [6.07, 6.45) is 3.75. The first-order chi connectivity index (χ1) is 11.1. The van der Waals surface area contributed by atoms with E-state index in [9.17, 15) is 4.79 Å². The van der Waals surface area contributed by atoms with Crippen LogP contribution >= 0.6 is 11.3 Å². The molecule has 3 aromatic heterocycles. The second-order valence-corrected chi connectivity index (χ2v) is 6.34. The minimum Gasteiger partial charge on any atom is -0.369 e. The van der Waals surface area contributed by atoms with Gasteiger partial charge in [-0.25, -0.2) is 15.0 Å². The van der Waals surface area contributed by atoms with Gasteiger partial charge < -0.3 is 10.3 Å². The summed E-state index contributed by atoms with van der Waals surface area (Å²) in [4.78, 5) is 25.5. The summed E-state index contributed by atoms with van der Waals surface area (Å²) in [7, 11) is 1.95. The molecule has 4 rings (SSSR count). The van der Waals surface area contributed by atoms with E-state index in [1.165, 1.54) is 11.3 Å². The summed E-state index contributed by atoms with van der Waals surface area (Å²) in [5.41, 5.74) is 9.77. The first-order valence-corrected chi connectivity index (χ1v) is 7.87. The smallest absolute Gasteiger partial charge is 0.221 e. The van der Waals surface area contributed by atoms with E-state index in [4.69, 9.17) is 10.7 Å². The maximum absolute atomic E-state index is 11.1. The zero-order valence-corrected chi connectivity index (χ0v) is 13.2. The molecule has 7 heteroatoms. The zero-order valence-electron chi connectivity index (χ0n) is 12.4. The maximum Gasteiger partial charge on any atom is 0.221 e. The van der Waals surface area contributed by atoms with E-state index in [1.54, 1.807) is 12.5 Å². The Labute approximate surface area is 135 Å². The van der Waals surface area contributed by atoms with Crippen molar-refractivity contribution in [2.24, 2.45) is 12.8 Å². The van der Waals surface area contributed by atoms with Crippen molar-refractivity contribution in [3.8, 4) is 10.6 Å². The van der Waals surface area contributed by atoms with Crippen LogP contribution in [0.2, 0.25) is 0 Å². The second-order valence-electron chi connectivity index (χ2n) is 5.36. The van der Waals surface area contributed by atoms with Crippen molar-refractivity contribution in [2.75, 3.05) is 0 Å². The van der Waals surface area contributed by atoms with E-state index >= 15 is 0 Å².